The summed E-state index contributed by atoms with van der Waals surface area (Å²) in [6.07, 6.45) is 1.84. The lowest BCUT2D eigenvalue weighted by Gasteiger charge is -2.38. The lowest BCUT2D eigenvalue weighted by atomic mass is 9.86. The van der Waals surface area contributed by atoms with Crippen LogP contribution in [0, 0.1) is 0 Å². The third-order valence-electron chi connectivity index (χ3n) is 4.41. The van der Waals surface area contributed by atoms with Crippen molar-refractivity contribution in [2.75, 3.05) is 7.11 Å². The van der Waals surface area contributed by atoms with E-state index >= 15 is 0 Å². The molecule has 2 rings (SSSR count). The van der Waals surface area contributed by atoms with Gasteiger partial charge in [0, 0.05) is 17.5 Å². The molecule has 24 heavy (non-hydrogen) atoms. The summed E-state index contributed by atoms with van der Waals surface area (Å²) in [5.74, 6) is 0.476. The Morgan fingerprint density at radius 3 is 2.50 bits per heavy atom. The number of fused-ring (bicyclic) bond motifs is 1. The largest absolute Gasteiger partial charge is 0.507 e. The van der Waals surface area contributed by atoms with Gasteiger partial charge in [-0.25, -0.2) is 0 Å². The quantitative estimate of drug-likeness (QED) is 0.653. The number of benzene rings is 1. The van der Waals surface area contributed by atoms with Crippen LogP contribution in [-0.2, 0) is 12.8 Å². The normalized spacial score (nSPS) is 18.4. The Labute approximate surface area is 142 Å². The van der Waals surface area contributed by atoms with E-state index in [1.54, 1.807) is 13.8 Å². The second-order valence-electron chi connectivity index (χ2n) is 7.01. The van der Waals surface area contributed by atoms with Gasteiger partial charge in [0.1, 0.15) is 28.4 Å². The van der Waals surface area contributed by atoms with E-state index in [-0.39, 0.29) is 18.0 Å². The molecular weight excluding hydrogens is 308 g/mol. The maximum Gasteiger partial charge on any atom is 0.167 e. The van der Waals surface area contributed by atoms with Crippen LogP contribution in [-0.4, -0.2) is 34.8 Å². The Bertz CT molecular complexity index is 696. The van der Waals surface area contributed by atoms with E-state index in [0.29, 0.717) is 34.6 Å². The molecule has 0 spiro atoms. The molecule has 2 N–H and O–H groups in total. The van der Waals surface area contributed by atoms with Gasteiger partial charge in [-0.2, -0.15) is 0 Å². The van der Waals surface area contributed by atoms with Gasteiger partial charge in [0.2, 0.25) is 0 Å². The van der Waals surface area contributed by atoms with Gasteiger partial charge in [0.05, 0.1) is 13.2 Å². The summed E-state index contributed by atoms with van der Waals surface area (Å²) < 4.78 is 11.4. The molecule has 0 fully saturated rings. The Balaban J connectivity index is 2.78. The van der Waals surface area contributed by atoms with Crippen LogP contribution in [0.4, 0.5) is 0 Å². The fourth-order valence-electron chi connectivity index (χ4n) is 2.91. The zero-order valence-corrected chi connectivity index (χ0v) is 15.2. The molecule has 1 atom stereocenters. The number of Topliss-reactive ketones (excluding diaryl/α,β-unsaturated/α-hetero) is 1. The van der Waals surface area contributed by atoms with Crippen molar-refractivity contribution < 1.29 is 24.5 Å². The van der Waals surface area contributed by atoms with Crippen molar-refractivity contribution in [1.82, 2.24) is 0 Å². The number of carbonyl (C=O) groups excluding carboxylic acids is 1. The predicted octanol–water partition coefficient (Wildman–Crippen LogP) is 3.19. The lowest BCUT2D eigenvalue weighted by Crippen LogP contribution is -2.46. The third kappa shape index (κ3) is 3.13. The highest BCUT2D eigenvalue weighted by Crippen LogP contribution is 2.48. The molecule has 0 amide bonds. The zero-order chi connectivity index (χ0) is 18.2. The first kappa shape index (κ1) is 18.3. The molecule has 0 saturated carbocycles. The summed E-state index contributed by atoms with van der Waals surface area (Å²) in [4.78, 5) is 12.3. The van der Waals surface area contributed by atoms with E-state index in [9.17, 15) is 15.0 Å². The second kappa shape index (κ2) is 6.48. The highest BCUT2D eigenvalue weighted by Gasteiger charge is 2.40. The average molecular weight is 334 g/mol. The van der Waals surface area contributed by atoms with Gasteiger partial charge in [0.15, 0.2) is 5.78 Å². The van der Waals surface area contributed by atoms with Crippen molar-refractivity contribution >= 4 is 5.78 Å². The number of ketones is 1. The number of phenols is 1. The van der Waals surface area contributed by atoms with E-state index in [4.69, 9.17) is 9.47 Å². The molecule has 1 heterocycles. The van der Waals surface area contributed by atoms with Gasteiger partial charge in [-0.3, -0.25) is 4.79 Å². The number of aliphatic hydroxyl groups is 1. The highest BCUT2D eigenvalue weighted by molar-refractivity contribution is 6.01. The molecule has 0 radical (unpaired) electrons. The molecule has 1 aliphatic rings. The molecule has 132 valence electrons. The molecule has 0 bridgehead atoms. The third-order valence-corrected chi connectivity index (χ3v) is 4.41. The number of aliphatic hydroxyl groups excluding tert-OH is 1. The first-order valence-electron chi connectivity index (χ1n) is 8.06. The fraction of sp³-hybridized carbons (Fsp3) is 0.526. The number of phenolic OH excluding ortho intramolecular Hbond substituents is 1. The number of aromatic hydroxyl groups is 1. The number of rotatable bonds is 4. The molecule has 1 aromatic carbocycles. The average Bonchev–Trinajstić information content (AvgIpc) is 2.47. The molecule has 5 nitrogen and oxygen atoms in total. The smallest absolute Gasteiger partial charge is 0.167 e. The van der Waals surface area contributed by atoms with Gasteiger partial charge in [0.25, 0.3) is 0 Å². The second-order valence-corrected chi connectivity index (χ2v) is 7.01. The number of methoxy groups -OCH3 is 1. The van der Waals surface area contributed by atoms with E-state index in [2.05, 4.69) is 0 Å². The van der Waals surface area contributed by atoms with Crippen LogP contribution < -0.4 is 9.47 Å². The van der Waals surface area contributed by atoms with Crippen molar-refractivity contribution in [2.45, 2.75) is 59.2 Å². The Morgan fingerprint density at radius 2 is 2.00 bits per heavy atom. The van der Waals surface area contributed by atoms with Crippen LogP contribution in [0.5, 0.6) is 17.2 Å². The summed E-state index contributed by atoms with van der Waals surface area (Å²) in [5, 5.41) is 21.1. The number of ether oxygens (including phenoxy) is 2. The van der Waals surface area contributed by atoms with E-state index in [1.807, 2.05) is 19.9 Å². The maximum atomic E-state index is 12.3. The number of carbonyl (C=O) groups is 1. The van der Waals surface area contributed by atoms with Crippen molar-refractivity contribution in [3.05, 3.63) is 28.3 Å². The van der Waals surface area contributed by atoms with Crippen LogP contribution >= 0.6 is 0 Å². The van der Waals surface area contributed by atoms with Gasteiger partial charge in [-0.15, -0.1) is 0 Å². The SMILES string of the molecule is COc1c(CC=C(C)C)c(O)c2c(c1C(C)=O)OC(C)(C)C(O)C2. The molecule has 0 saturated heterocycles. The van der Waals surface area contributed by atoms with Crippen molar-refractivity contribution in [3.8, 4) is 17.2 Å². The highest BCUT2D eigenvalue weighted by atomic mass is 16.5. The van der Waals surface area contributed by atoms with Crippen molar-refractivity contribution in [3.63, 3.8) is 0 Å². The molecule has 1 aromatic rings. The van der Waals surface area contributed by atoms with E-state index in [1.165, 1.54) is 14.0 Å². The van der Waals surface area contributed by atoms with Crippen LogP contribution in [0.1, 0.15) is 56.1 Å². The van der Waals surface area contributed by atoms with Crippen LogP contribution in [0.15, 0.2) is 11.6 Å². The van der Waals surface area contributed by atoms with Crippen LogP contribution in [0.3, 0.4) is 0 Å². The molecule has 0 aromatic heterocycles. The topological polar surface area (TPSA) is 76.0 Å². The van der Waals surface area contributed by atoms with Gasteiger partial charge < -0.3 is 19.7 Å². The minimum Gasteiger partial charge on any atom is -0.507 e. The minimum atomic E-state index is -0.851. The zero-order valence-electron chi connectivity index (χ0n) is 15.2. The van der Waals surface area contributed by atoms with Gasteiger partial charge >= 0.3 is 0 Å². The van der Waals surface area contributed by atoms with Gasteiger partial charge in [-0.1, -0.05) is 11.6 Å². The molecular formula is C19H26O5. The molecule has 1 aliphatic heterocycles. The Morgan fingerprint density at radius 1 is 1.38 bits per heavy atom. The summed E-state index contributed by atoms with van der Waals surface area (Å²) >= 11 is 0. The van der Waals surface area contributed by atoms with E-state index in [0.717, 1.165) is 5.57 Å². The minimum absolute atomic E-state index is 0.0268. The predicted molar refractivity (Wildman–Crippen MR) is 92.2 cm³/mol. The summed E-state index contributed by atoms with van der Waals surface area (Å²) in [5.41, 5.74) is 1.57. The Kier molecular flexibility index (Phi) is 4.95. The molecule has 5 heteroatoms. The van der Waals surface area contributed by atoms with E-state index < -0.39 is 11.7 Å². The summed E-state index contributed by atoms with van der Waals surface area (Å²) in [6, 6.07) is 0. The fourth-order valence-corrected chi connectivity index (χ4v) is 2.91. The van der Waals surface area contributed by atoms with Crippen LogP contribution in [0.25, 0.3) is 0 Å². The standard InChI is InChI=1S/C19H26O5/c1-10(2)7-8-12-16(22)13-9-14(21)19(4,5)24-18(13)15(11(3)20)17(12)23-6/h7,14,21-22H,8-9H2,1-6H3. The molecule has 1 unspecified atom stereocenters. The summed E-state index contributed by atoms with van der Waals surface area (Å²) in [7, 11) is 1.47. The van der Waals surface area contributed by atoms with Gasteiger partial charge in [-0.05, 0) is 41.0 Å². The van der Waals surface area contributed by atoms with Crippen molar-refractivity contribution in [2.24, 2.45) is 0 Å². The number of hydrogen-bond acceptors (Lipinski definition) is 5. The number of allylic oxidation sites excluding steroid dienone is 2. The summed E-state index contributed by atoms with van der Waals surface area (Å²) in [6.45, 7) is 8.88. The van der Waals surface area contributed by atoms with Crippen LogP contribution in [0.2, 0.25) is 0 Å². The first-order valence-corrected chi connectivity index (χ1v) is 8.06. The maximum absolute atomic E-state index is 12.3. The number of hydrogen-bond donors (Lipinski definition) is 2. The van der Waals surface area contributed by atoms with Crippen molar-refractivity contribution in [1.29, 1.82) is 0 Å². The monoisotopic (exact) mass is 334 g/mol. The lowest BCUT2D eigenvalue weighted by molar-refractivity contribution is -0.0422. The first-order chi connectivity index (χ1) is 11.1. The Hall–Kier alpha value is -2.01. The molecule has 0 aliphatic carbocycles.